The van der Waals surface area contributed by atoms with E-state index in [4.69, 9.17) is 0 Å². The standard InChI is InChI=1S/C13H22N2O2/c1-9(2)11-12(17)15(7-10(16)14-11)8-13(3)5-4-6-13/h9,11H,4-8H2,1-3H3,(H,14,16). The zero-order chi connectivity index (χ0) is 12.6. The summed E-state index contributed by atoms with van der Waals surface area (Å²) in [5.74, 6) is 0.224. The largest absolute Gasteiger partial charge is 0.343 e. The Morgan fingerprint density at radius 3 is 2.53 bits per heavy atom. The first kappa shape index (κ1) is 12.4. The maximum absolute atomic E-state index is 12.2. The van der Waals surface area contributed by atoms with Crippen LogP contribution in [0, 0.1) is 11.3 Å². The van der Waals surface area contributed by atoms with Gasteiger partial charge in [0, 0.05) is 6.54 Å². The van der Waals surface area contributed by atoms with Crippen LogP contribution in [0.5, 0.6) is 0 Å². The minimum atomic E-state index is -0.333. The number of carbonyl (C=O) groups excluding carboxylic acids is 2. The Bertz CT molecular complexity index is 334. The average molecular weight is 238 g/mol. The van der Waals surface area contributed by atoms with Gasteiger partial charge in [-0.3, -0.25) is 9.59 Å². The second-order valence-electron chi connectivity index (χ2n) is 6.15. The van der Waals surface area contributed by atoms with E-state index in [-0.39, 0.29) is 35.7 Å². The summed E-state index contributed by atoms with van der Waals surface area (Å²) in [6, 6.07) is -0.333. The predicted molar refractivity (Wildman–Crippen MR) is 65.3 cm³/mol. The molecule has 1 atom stereocenters. The number of carbonyl (C=O) groups is 2. The molecule has 1 saturated carbocycles. The molecular weight excluding hydrogens is 216 g/mol. The van der Waals surface area contributed by atoms with Crippen molar-refractivity contribution in [3.05, 3.63) is 0 Å². The monoisotopic (exact) mass is 238 g/mol. The molecule has 2 rings (SSSR count). The molecule has 0 aromatic rings. The van der Waals surface area contributed by atoms with Gasteiger partial charge in [-0.05, 0) is 24.2 Å². The topological polar surface area (TPSA) is 49.4 Å². The van der Waals surface area contributed by atoms with E-state index in [1.165, 1.54) is 19.3 Å². The maximum Gasteiger partial charge on any atom is 0.245 e. The summed E-state index contributed by atoms with van der Waals surface area (Å²) in [6.07, 6.45) is 3.59. The van der Waals surface area contributed by atoms with Crippen LogP contribution in [0.15, 0.2) is 0 Å². The van der Waals surface area contributed by atoms with Crippen molar-refractivity contribution in [3.8, 4) is 0 Å². The Kier molecular flexibility index (Phi) is 3.15. The molecule has 96 valence electrons. The fourth-order valence-corrected chi connectivity index (χ4v) is 2.71. The van der Waals surface area contributed by atoms with E-state index in [1.54, 1.807) is 4.90 Å². The van der Waals surface area contributed by atoms with Crippen LogP contribution in [0.1, 0.15) is 40.0 Å². The van der Waals surface area contributed by atoms with Crippen molar-refractivity contribution < 1.29 is 9.59 Å². The summed E-state index contributed by atoms with van der Waals surface area (Å²) < 4.78 is 0. The molecule has 2 fully saturated rings. The molecule has 0 radical (unpaired) electrons. The van der Waals surface area contributed by atoms with Crippen LogP contribution in [0.25, 0.3) is 0 Å². The van der Waals surface area contributed by atoms with Gasteiger partial charge in [0.2, 0.25) is 11.8 Å². The fraction of sp³-hybridized carbons (Fsp3) is 0.846. The van der Waals surface area contributed by atoms with Gasteiger partial charge >= 0.3 is 0 Å². The van der Waals surface area contributed by atoms with Crippen molar-refractivity contribution in [2.45, 2.75) is 46.1 Å². The molecule has 0 aromatic carbocycles. The van der Waals surface area contributed by atoms with Gasteiger partial charge < -0.3 is 10.2 Å². The van der Waals surface area contributed by atoms with Crippen LogP contribution in [0.2, 0.25) is 0 Å². The van der Waals surface area contributed by atoms with Crippen LogP contribution >= 0.6 is 0 Å². The average Bonchev–Trinajstić information content (AvgIpc) is 2.20. The highest BCUT2D eigenvalue weighted by Gasteiger charge is 2.40. The quantitative estimate of drug-likeness (QED) is 0.802. The van der Waals surface area contributed by atoms with Gasteiger partial charge in [-0.25, -0.2) is 0 Å². The predicted octanol–water partition coefficient (Wildman–Crippen LogP) is 1.16. The molecule has 17 heavy (non-hydrogen) atoms. The first-order valence-electron chi connectivity index (χ1n) is 6.49. The number of nitrogens with zero attached hydrogens (tertiary/aromatic N) is 1. The highest BCUT2D eigenvalue weighted by atomic mass is 16.2. The number of rotatable bonds is 3. The molecule has 1 unspecified atom stereocenters. The molecule has 4 nitrogen and oxygen atoms in total. The van der Waals surface area contributed by atoms with Crippen molar-refractivity contribution in [1.29, 1.82) is 0 Å². The van der Waals surface area contributed by atoms with Crippen molar-refractivity contribution in [2.75, 3.05) is 13.1 Å². The highest BCUT2D eigenvalue weighted by Crippen LogP contribution is 2.41. The Labute approximate surface area is 103 Å². The van der Waals surface area contributed by atoms with Gasteiger partial charge in [-0.15, -0.1) is 0 Å². The van der Waals surface area contributed by atoms with E-state index in [9.17, 15) is 9.59 Å². The summed E-state index contributed by atoms with van der Waals surface area (Å²) >= 11 is 0. The van der Waals surface area contributed by atoms with E-state index in [0.29, 0.717) is 0 Å². The molecule has 0 bridgehead atoms. The van der Waals surface area contributed by atoms with E-state index in [1.807, 2.05) is 13.8 Å². The normalized spacial score (nSPS) is 28.0. The lowest BCUT2D eigenvalue weighted by atomic mass is 9.70. The minimum absolute atomic E-state index is 0.0220. The van der Waals surface area contributed by atoms with Gasteiger partial charge in [0.1, 0.15) is 6.04 Å². The van der Waals surface area contributed by atoms with E-state index < -0.39 is 0 Å². The molecular formula is C13H22N2O2. The number of nitrogens with one attached hydrogen (secondary N) is 1. The lowest BCUT2D eigenvalue weighted by molar-refractivity contribution is -0.147. The molecule has 1 aliphatic carbocycles. The molecule has 2 aliphatic rings. The number of hydrogen-bond acceptors (Lipinski definition) is 2. The zero-order valence-electron chi connectivity index (χ0n) is 11.0. The number of hydrogen-bond donors (Lipinski definition) is 1. The van der Waals surface area contributed by atoms with E-state index >= 15 is 0 Å². The third-order valence-corrected chi connectivity index (χ3v) is 4.03. The summed E-state index contributed by atoms with van der Waals surface area (Å²) in [4.78, 5) is 25.6. The maximum atomic E-state index is 12.2. The van der Waals surface area contributed by atoms with Gasteiger partial charge in [0.05, 0.1) is 6.54 Å². The van der Waals surface area contributed by atoms with E-state index in [2.05, 4.69) is 12.2 Å². The highest BCUT2D eigenvalue weighted by molar-refractivity contribution is 5.95. The Balaban J connectivity index is 2.05. The second kappa shape index (κ2) is 4.31. The summed E-state index contributed by atoms with van der Waals surface area (Å²) in [5, 5.41) is 2.79. The van der Waals surface area contributed by atoms with Gasteiger partial charge in [-0.1, -0.05) is 27.2 Å². The fourth-order valence-electron chi connectivity index (χ4n) is 2.71. The molecule has 2 amide bonds. The van der Waals surface area contributed by atoms with Crippen LogP contribution < -0.4 is 5.32 Å². The molecule has 0 aromatic heterocycles. The third kappa shape index (κ3) is 2.45. The smallest absolute Gasteiger partial charge is 0.245 e. The number of piperazine rings is 1. The Morgan fingerprint density at radius 1 is 1.41 bits per heavy atom. The van der Waals surface area contributed by atoms with Crippen molar-refractivity contribution in [2.24, 2.45) is 11.3 Å². The van der Waals surface area contributed by atoms with E-state index in [0.717, 1.165) is 6.54 Å². The number of amides is 2. The molecule has 1 heterocycles. The van der Waals surface area contributed by atoms with Crippen molar-refractivity contribution in [1.82, 2.24) is 10.2 Å². The first-order valence-corrected chi connectivity index (χ1v) is 6.49. The van der Waals surface area contributed by atoms with Crippen LogP contribution in [-0.2, 0) is 9.59 Å². The summed E-state index contributed by atoms with van der Waals surface area (Å²) in [6.45, 7) is 7.12. The van der Waals surface area contributed by atoms with Crippen LogP contribution in [-0.4, -0.2) is 35.8 Å². The SMILES string of the molecule is CC(C)C1NC(=O)CN(CC2(C)CCC2)C1=O. The van der Waals surface area contributed by atoms with Gasteiger partial charge in [0.25, 0.3) is 0 Å². The van der Waals surface area contributed by atoms with Gasteiger partial charge in [0.15, 0.2) is 0 Å². The lowest BCUT2D eigenvalue weighted by Gasteiger charge is -2.44. The summed E-state index contributed by atoms with van der Waals surface area (Å²) in [7, 11) is 0. The zero-order valence-corrected chi connectivity index (χ0v) is 11.0. The lowest BCUT2D eigenvalue weighted by Crippen LogP contribution is -2.61. The van der Waals surface area contributed by atoms with Gasteiger partial charge in [-0.2, -0.15) is 0 Å². The third-order valence-electron chi connectivity index (χ3n) is 4.03. The van der Waals surface area contributed by atoms with Crippen LogP contribution in [0.3, 0.4) is 0 Å². The summed E-state index contributed by atoms with van der Waals surface area (Å²) in [5.41, 5.74) is 0.245. The molecule has 1 N–H and O–H groups in total. The molecule has 4 heteroatoms. The molecule has 0 spiro atoms. The molecule has 1 saturated heterocycles. The van der Waals surface area contributed by atoms with Crippen molar-refractivity contribution >= 4 is 11.8 Å². The minimum Gasteiger partial charge on any atom is -0.343 e. The second-order valence-corrected chi connectivity index (χ2v) is 6.15. The Morgan fingerprint density at radius 2 is 2.06 bits per heavy atom. The first-order chi connectivity index (χ1) is 7.91. The van der Waals surface area contributed by atoms with Crippen LogP contribution in [0.4, 0.5) is 0 Å². The molecule has 1 aliphatic heterocycles. The van der Waals surface area contributed by atoms with Crippen molar-refractivity contribution in [3.63, 3.8) is 0 Å². The Hall–Kier alpha value is -1.06.